The number of benzene rings is 1. The van der Waals surface area contributed by atoms with E-state index in [1.807, 2.05) is 13.8 Å². The fourth-order valence-corrected chi connectivity index (χ4v) is 2.74. The fraction of sp³-hybridized carbons (Fsp3) is 0.650. The first kappa shape index (κ1) is 24.9. The molecule has 0 aliphatic carbocycles. The molecule has 0 saturated carbocycles. The second kappa shape index (κ2) is 14.8. The number of nitrogens with zero attached hydrogens (tertiary/aromatic N) is 1. The number of aliphatic imine (C=N–C) groups is 1. The minimum Gasteiger partial charge on any atom is -0.485 e. The van der Waals surface area contributed by atoms with Crippen LogP contribution in [0.5, 0.6) is 5.75 Å². The SMILES string of the molecule is CCNC(=NCC(CC)Oc1ccccc1F)NCCOCC1CCCO1.I. The van der Waals surface area contributed by atoms with E-state index in [2.05, 4.69) is 15.6 Å². The Bertz CT molecular complexity index is 571. The minimum absolute atomic E-state index is 0. The zero-order valence-electron chi connectivity index (χ0n) is 16.8. The van der Waals surface area contributed by atoms with Crippen LogP contribution in [0.4, 0.5) is 4.39 Å². The van der Waals surface area contributed by atoms with Crippen LogP contribution in [0.2, 0.25) is 0 Å². The molecule has 2 atom stereocenters. The molecule has 2 N–H and O–H groups in total. The van der Waals surface area contributed by atoms with Crippen LogP contribution in [-0.2, 0) is 9.47 Å². The molecule has 0 aromatic heterocycles. The molecule has 6 nitrogen and oxygen atoms in total. The molecule has 1 heterocycles. The van der Waals surface area contributed by atoms with Gasteiger partial charge in [0.2, 0.25) is 0 Å². The van der Waals surface area contributed by atoms with E-state index in [-0.39, 0.29) is 47.8 Å². The Balaban J connectivity index is 0.00000392. The first-order chi connectivity index (χ1) is 13.2. The molecule has 1 aromatic carbocycles. The maximum atomic E-state index is 13.7. The lowest BCUT2D eigenvalue weighted by Crippen LogP contribution is -2.40. The van der Waals surface area contributed by atoms with E-state index < -0.39 is 0 Å². The van der Waals surface area contributed by atoms with Gasteiger partial charge in [0.15, 0.2) is 17.5 Å². The highest BCUT2D eigenvalue weighted by molar-refractivity contribution is 14.0. The van der Waals surface area contributed by atoms with Gasteiger partial charge < -0.3 is 24.8 Å². The van der Waals surface area contributed by atoms with Gasteiger partial charge in [-0.25, -0.2) is 9.38 Å². The van der Waals surface area contributed by atoms with Gasteiger partial charge in [-0.05, 0) is 38.3 Å². The molecular weight excluding hydrogens is 476 g/mol. The molecule has 1 aliphatic heterocycles. The Morgan fingerprint density at radius 3 is 2.82 bits per heavy atom. The van der Waals surface area contributed by atoms with Crippen LogP contribution in [0.15, 0.2) is 29.3 Å². The molecule has 0 radical (unpaired) electrons. The predicted molar refractivity (Wildman–Crippen MR) is 120 cm³/mol. The van der Waals surface area contributed by atoms with Crippen molar-refractivity contribution >= 4 is 29.9 Å². The summed E-state index contributed by atoms with van der Waals surface area (Å²) < 4.78 is 30.7. The second-order valence-corrected chi connectivity index (χ2v) is 6.43. The van der Waals surface area contributed by atoms with Gasteiger partial charge in [-0.3, -0.25) is 0 Å². The van der Waals surface area contributed by atoms with Crippen molar-refractivity contribution in [2.45, 2.75) is 45.3 Å². The molecule has 160 valence electrons. The molecule has 28 heavy (non-hydrogen) atoms. The number of halogens is 2. The van der Waals surface area contributed by atoms with E-state index in [1.54, 1.807) is 18.2 Å². The number of hydrogen-bond acceptors (Lipinski definition) is 4. The monoisotopic (exact) mass is 509 g/mol. The summed E-state index contributed by atoms with van der Waals surface area (Å²) in [6, 6.07) is 6.44. The summed E-state index contributed by atoms with van der Waals surface area (Å²) in [5.41, 5.74) is 0. The van der Waals surface area contributed by atoms with Gasteiger partial charge in [-0.2, -0.15) is 0 Å². The number of ether oxygens (including phenoxy) is 3. The first-order valence-corrected chi connectivity index (χ1v) is 9.85. The minimum atomic E-state index is -0.353. The Hall–Kier alpha value is -1.13. The lowest BCUT2D eigenvalue weighted by atomic mass is 10.2. The van der Waals surface area contributed by atoms with Crippen molar-refractivity contribution in [1.82, 2.24) is 10.6 Å². The summed E-state index contributed by atoms with van der Waals surface area (Å²) in [7, 11) is 0. The standard InChI is InChI=1S/C20H32FN3O3.HI/c1-3-16(27-19-10-6-5-9-18(19)21)14-24-20(22-4-2)23-11-13-25-15-17-8-7-12-26-17;/h5-6,9-10,16-17H,3-4,7-8,11-15H2,1-2H3,(H2,22,23,24);1H. The smallest absolute Gasteiger partial charge is 0.191 e. The van der Waals surface area contributed by atoms with Crippen molar-refractivity contribution in [3.8, 4) is 5.75 Å². The van der Waals surface area contributed by atoms with Crippen molar-refractivity contribution in [1.29, 1.82) is 0 Å². The quantitative estimate of drug-likeness (QED) is 0.207. The Morgan fingerprint density at radius 2 is 2.14 bits per heavy atom. The van der Waals surface area contributed by atoms with Gasteiger partial charge in [-0.15, -0.1) is 24.0 Å². The Morgan fingerprint density at radius 1 is 1.32 bits per heavy atom. The van der Waals surface area contributed by atoms with E-state index in [9.17, 15) is 4.39 Å². The molecule has 1 fully saturated rings. The third-order valence-corrected chi connectivity index (χ3v) is 4.25. The highest BCUT2D eigenvalue weighted by Gasteiger charge is 2.15. The third-order valence-electron chi connectivity index (χ3n) is 4.25. The van der Waals surface area contributed by atoms with Crippen molar-refractivity contribution in [3.63, 3.8) is 0 Å². The lowest BCUT2D eigenvalue weighted by molar-refractivity contribution is 0.0191. The second-order valence-electron chi connectivity index (χ2n) is 6.43. The van der Waals surface area contributed by atoms with Gasteiger partial charge in [0.05, 0.1) is 25.9 Å². The van der Waals surface area contributed by atoms with Crippen molar-refractivity contribution in [2.75, 3.05) is 39.5 Å². The average molecular weight is 509 g/mol. The lowest BCUT2D eigenvalue weighted by Gasteiger charge is -2.18. The third kappa shape index (κ3) is 9.38. The molecule has 0 bridgehead atoms. The summed E-state index contributed by atoms with van der Waals surface area (Å²) in [4.78, 5) is 4.55. The summed E-state index contributed by atoms with van der Waals surface area (Å²) >= 11 is 0. The van der Waals surface area contributed by atoms with Crippen LogP contribution in [0, 0.1) is 5.82 Å². The summed E-state index contributed by atoms with van der Waals surface area (Å²) in [6.45, 7) is 7.95. The first-order valence-electron chi connectivity index (χ1n) is 9.85. The molecule has 1 aliphatic rings. The van der Waals surface area contributed by atoms with Gasteiger partial charge >= 0.3 is 0 Å². The van der Waals surface area contributed by atoms with Crippen LogP contribution >= 0.6 is 24.0 Å². The van der Waals surface area contributed by atoms with Gasteiger partial charge in [0.1, 0.15) is 6.10 Å². The van der Waals surface area contributed by atoms with Crippen LogP contribution < -0.4 is 15.4 Å². The maximum Gasteiger partial charge on any atom is 0.191 e. The van der Waals surface area contributed by atoms with Gasteiger partial charge in [0, 0.05) is 19.7 Å². The molecule has 2 rings (SSSR count). The molecule has 8 heteroatoms. The summed E-state index contributed by atoms with van der Waals surface area (Å²) in [6.07, 6.45) is 3.00. The topological polar surface area (TPSA) is 64.1 Å². The Kier molecular flexibility index (Phi) is 13.2. The fourth-order valence-electron chi connectivity index (χ4n) is 2.74. The largest absolute Gasteiger partial charge is 0.485 e. The molecule has 1 aromatic rings. The van der Waals surface area contributed by atoms with E-state index in [0.717, 1.165) is 32.4 Å². The number of guanidine groups is 1. The number of rotatable bonds is 11. The summed E-state index contributed by atoms with van der Waals surface area (Å²) in [5, 5.41) is 6.44. The van der Waals surface area contributed by atoms with Crippen LogP contribution in [0.25, 0.3) is 0 Å². The zero-order chi connectivity index (χ0) is 19.3. The normalized spacial score (nSPS) is 17.7. The van der Waals surface area contributed by atoms with Crippen LogP contribution in [0.3, 0.4) is 0 Å². The zero-order valence-corrected chi connectivity index (χ0v) is 19.1. The van der Waals surface area contributed by atoms with Crippen LogP contribution in [0.1, 0.15) is 33.1 Å². The van der Waals surface area contributed by atoms with E-state index in [1.165, 1.54) is 6.07 Å². The molecule has 0 amide bonds. The molecule has 2 unspecified atom stereocenters. The van der Waals surface area contributed by atoms with E-state index in [4.69, 9.17) is 14.2 Å². The van der Waals surface area contributed by atoms with Crippen LogP contribution in [-0.4, -0.2) is 57.6 Å². The van der Waals surface area contributed by atoms with E-state index in [0.29, 0.717) is 32.3 Å². The van der Waals surface area contributed by atoms with Gasteiger partial charge in [0.25, 0.3) is 0 Å². The highest BCUT2D eigenvalue weighted by Crippen LogP contribution is 2.18. The van der Waals surface area contributed by atoms with Crippen molar-refractivity contribution in [2.24, 2.45) is 4.99 Å². The Labute approximate surface area is 184 Å². The summed E-state index contributed by atoms with van der Waals surface area (Å²) in [5.74, 6) is 0.613. The van der Waals surface area contributed by atoms with Crippen molar-refractivity contribution in [3.05, 3.63) is 30.1 Å². The average Bonchev–Trinajstić information content (AvgIpc) is 3.19. The molecule has 0 spiro atoms. The number of para-hydroxylation sites is 1. The molecule has 1 saturated heterocycles. The van der Waals surface area contributed by atoms with Gasteiger partial charge in [-0.1, -0.05) is 19.1 Å². The predicted octanol–water partition coefficient (Wildman–Crippen LogP) is 3.35. The van der Waals surface area contributed by atoms with Crippen molar-refractivity contribution < 1.29 is 18.6 Å². The number of hydrogen-bond donors (Lipinski definition) is 2. The maximum absolute atomic E-state index is 13.7. The molecular formula is C20H33FIN3O3. The van der Waals surface area contributed by atoms with E-state index >= 15 is 0 Å². The highest BCUT2D eigenvalue weighted by atomic mass is 127. The number of nitrogens with one attached hydrogen (secondary N) is 2.